The third-order valence-electron chi connectivity index (χ3n) is 3.07. The van der Waals surface area contributed by atoms with Crippen molar-refractivity contribution >= 4 is 0 Å². The molecule has 18 heavy (non-hydrogen) atoms. The summed E-state index contributed by atoms with van der Waals surface area (Å²) < 4.78 is 10.7. The van der Waals surface area contributed by atoms with Gasteiger partial charge in [0.05, 0.1) is 19.4 Å². The zero-order valence-corrected chi connectivity index (χ0v) is 10.9. The highest BCUT2D eigenvalue weighted by molar-refractivity contribution is 5.44. The average Bonchev–Trinajstić information content (AvgIpc) is 2.77. The van der Waals surface area contributed by atoms with Gasteiger partial charge in [-0.2, -0.15) is 0 Å². The highest BCUT2D eigenvalue weighted by Gasteiger charge is 2.20. The Labute approximate surface area is 107 Å². The predicted molar refractivity (Wildman–Crippen MR) is 70.3 cm³/mol. The van der Waals surface area contributed by atoms with Crippen LogP contribution in [0, 0.1) is 13.8 Å². The van der Waals surface area contributed by atoms with Crippen LogP contribution in [0.25, 0.3) is 0 Å². The van der Waals surface area contributed by atoms with Crippen molar-refractivity contribution < 1.29 is 9.15 Å². The number of hydrogen-bond donors (Lipinski definition) is 2. The van der Waals surface area contributed by atoms with E-state index in [0.29, 0.717) is 0 Å². The Bertz CT molecular complexity index is 534. The smallest absolute Gasteiger partial charge is 0.124 e. The van der Waals surface area contributed by atoms with E-state index in [0.717, 1.165) is 28.2 Å². The molecule has 1 atom stereocenters. The van der Waals surface area contributed by atoms with E-state index in [-0.39, 0.29) is 6.04 Å². The topological polar surface area (TPSA) is 60.4 Å². The van der Waals surface area contributed by atoms with Crippen LogP contribution in [0.4, 0.5) is 0 Å². The lowest BCUT2D eigenvalue weighted by Gasteiger charge is -2.19. The Hall–Kier alpha value is -1.78. The first-order chi connectivity index (χ1) is 8.67. The molecule has 0 fully saturated rings. The molecule has 1 heterocycles. The molecule has 3 N–H and O–H groups in total. The maximum Gasteiger partial charge on any atom is 0.124 e. The first kappa shape index (κ1) is 12.7. The van der Waals surface area contributed by atoms with Gasteiger partial charge in [-0.25, -0.2) is 5.43 Å². The Morgan fingerprint density at radius 3 is 2.56 bits per heavy atom. The molecule has 96 valence electrons. The first-order valence-corrected chi connectivity index (χ1v) is 5.82. The first-order valence-electron chi connectivity index (χ1n) is 5.82. The molecule has 0 saturated heterocycles. The van der Waals surface area contributed by atoms with Gasteiger partial charge in [0.2, 0.25) is 0 Å². The number of nitrogens with one attached hydrogen (secondary N) is 1. The van der Waals surface area contributed by atoms with Crippen LogP contribution < -0.4 is 16.0 Å². The summed E-state index contributed by atoms with van der Waals surface area (Å²) in [5, 5.41) is 0. The van der Waals surface area contributed by atoms with Gasteiger partial charge in [0.1, 0.15) is 11.5 Å². The second-order valence-corrected chi connectivity index (χ2v) is 4.28. The van der Waals surface area contributed by atoms with E-state index in [1.54, 1.807) is 13.4 Å². The van der Waals surface area contributed by atoms with Gasteiger partial charge in [-0.3, -0.25) is 5.84 Å². The minimum absolute atomic E-state index is 0.140. The molecule has 0 aliphatic heterocycles. The van der Waals surface area contributed by atoms with E-state index in [1.165, 1.54) is 0 Å². The van der Waals surface area contributed by atoms with E-state index in [1.807, 2.05) is 32.0 Å². The van der Waals surface area contributed by atoms with E-state index < -0.39 is 0 Å². The van der Waals surface area contributed by atoms with Gasteiger partial charge in [0, 0.05) is 11.1 Å². The number of hydrazine groups is 1. The Morgan fingerprint density at radius 1 is 1.22 bits per heavy atom. The van der Waals surface area contributed by atoms with Crippen LogP contribution in [-0.2, 0) is 0 Å². The average molecular weight is 246 g/mol. The van der Waals surface area contributed by atoms with Gasteiger partial charge >= 0.3 is 0 Å². The summed E-state index contributed by atoms with van der Waals surface area (Å²) >= 11 is 0. The molecule has 4 nitrogen and oxygen atoms in total. The number of ether oxygens (including phenoxy) is 1. The summed E-state index contributed by atoms with van der Waals surface area (Å²) in [5.74, 6) is 7.35. The van der Waals surface area contributed by atoms with Crippen LogP contribution in [0.2, 0.25) is 0 Å². The maximum absolute atomic E-state index is 5.69. The minimum Gasteiger partial charge on any atom is -0.496 e. The third-order valence-corrected chi connectivity index (χ3v) is 3.07. The Balaban J connectivity index is 2.51. The summed E-state index contributed by atoms with van der Waals surface area (Å²) in [6.45, 7) is 3.96. The van der Waals surface area contributed by atoms with Gasteiger partial charge in [-0.1, -0.05) is 17.7 Å². The van der Waals surface area contributed by atoms with Gasteiger partial charge in [0.25, 0.3) is 0 Å². The normalized spacial score (nSPS) is 12.4. The molecule has 2 rings (SSSR count). The summed E-state index contributed by atoms with van der Waals surface area (Å²) in [4.78, 5) is 0. The zero-order valence-electron chi connectivity index (χ0n) is 10.9. The quantitative estimate of drug-likeness (QED) is 0.642. The SMILES string of the molecule is COc1ccc(C)cc1C(NN)c1ccoc1C. The number of aryl methyl sites for hydroxylation is 2. The third kappa shape index (κ3) is 2.25. The van der Waals surface area contributed by atoms with Gasteiger partial charge in [-0.15, -0.1) is 0 Å². The summed E-state index contributed by atoms with van der Waals surface area (Å²) in [7, 11) is 1.66. The number of rotatable bonds is 4. The fourth-order valence-electron chi connectivity index (χ4n) is 2.12. The highest BCUT2D eigenvalue weighted by atomic mass is 16.5. The molecule has 1 aromatic carbocycles. The van der Waals surface area contributed by atoms with Crippen LogP contribution in [0.3, 0.4) is 0 Å². The van der Waals surface area contributed by atoms with Crippen molar-refractivity contribution in [2.45, 2.75) is 19.9 Å². The van der Waals surface area contributed by atoms with Crippen molar-refractivity contribution in [3.8, 4) is 5.75 Å². The fourth-order valence-corrected chi connectivity index (χ4v) is 2.12. The van der Waals surface area contributed by atoms with Crippen molar-refractivity contribution in [2.24, 2.45) is 5.84 Å². The number of hydrogen-bond acceptors (Lipinski definition) is 4. The van der Waals surface area contributed by atoms with Crippen LogP contribution >= 0.6 is 0 Å². The van der Waals surface area contributed by atoms with Gasteiger partial charge in [0.15, 0.2) is 0 Å². The molecule has 0 saturated carbocycles. The number of nitrogens with two attached hydrogens (primary N) is 1. The second kappa shape index (κ2) is 5.25. The molecule has 0 bridgehead atoms. The Morgan fingerprint density at radius 2 is 2.00 bits per heavy atom. The Kier molecular flexibility index (Phi) is 3.69. The van der Waals surface area contributed by atoms with Crippen molar-refractivity contribution in [2.75, 3.05) is 7.11 Å². The maximum atomic E-state index is 5.69. The molecular formula is C14H18N2O2. The molecule has 4 heteroatoms. The molecule has 0 radical (unpaired) electrons. The molecular weight excluding hydrogens is 228 g/mol. The van der Waals surface area contributed by atoms with Crippen molar-refractivity contribution in [3.63, 3.8) is 0 Å². The molecule has 0 aliphatic rings. The molecule has 0 amide bonds. The van der Waals surface area contributed by atoms with E-state index in [4.69, 9.17) is 15.0 Å². The largest absolute Gasteiger partial charge is 0.496 e. The number of benzene rings is 1. The van der Waals surface area contributed by atoms with E-state index in [9.17, 15) is 0 Å². The monoisotopic (exact) mass is 246 g/mol. The van der Waals surface area contributed by atoms with Crippen molar-refractivity contribution in [1.29, 1.82) is 0 Å². The fraction of sp³-hybridized carbons (Fsp3) is 0.286. The summed E-state index contributed by atoms with van der Waals surface area (Å²) in [6.07, 6.45) is 1.66. The number of methoxy groups -OCH3 is 1. The predicted octanol–water partition coefficient (Wildman–Crippen LogP) is 2.46. The summed E-state index contributed by atoms with van der Waals surface area (Å²) in [5.41, 5.74) is 6.00. The molecule has 2 aromatic rings. The molecule has 0 aliphatic carbocycles. The standard InChI is InChI=1S/C14H18N2O2/c1-9-4-5-13(17-3)12(8-9)14(16-15)11-6-7-18-10(11)2/h4-8,14,16H,15H2,1-3H3. The van der Waals surface area contributed by atoms with Crippen LogP contribution in [0.5, 0.6) is 5.75 Å². The number of furan rings is 1. The van der Waals surface area contributed by atoms with Crippen LogP contribution in [0.1, 0.15) is 28.5 Å². The lowest BCUT2D eigenvalue weighted by molar-refractivity contribution is 0.403. The van der Waals surface area contributed by atoms with Gasteiger partial charge < -0.3 is 9.15 Å². The van der Waals surface area contributed by atoms with E-state index >= 15 is 0 Å². The lowest BCUT2D eigenvalue weighted by atomic mass is 9.97. The van der Waals surface area contributed by atoms with Crippen molar-refractivity contribution in [1.82, 2.24) is 5.43 Å². The van der Waals surface area contributed by atoms with Crippen LogP contribution in [-0.4, -0.2) is 7.11 Å². The van der Waals surface area contributed by atoms with Gasteiger partial charge in [-0.05, 0) is 26.0 Å². The van der Waals surface area contributed by atoms with Crippen LogP contribution in [0.15, 0.2) is 34.9 Å². The van der Waals surface area contributed by atoms with Crippen molar-refractivity contribution in [3.05, 3.63) is 53.0 Å². The molecule has 1 unspecified atom stereocenters. The summed E-state index contributed by atoms with van der Waals surface area (Å²) in [6, 6.07) is 7.80. The molecule has 1 aromatic heterocycles. The highest BCUT2D eigenvalue weighted by Crippen LogP contribution is 2.32. The lowest BCUT2D eigenvalue weighted by Crippen LogP contribution is -2.29. The minimum atomic E-state index is -0.140. The molecule has 0 spiro atoms. The van der Waals surface area contributed by atoms with E-state index in [2.05, 4.69) is 11.5 Å². The zero-order chi connectivity index (χ0) is 13.1. The second-order valence-electron chi connectivity index (χ2n) is 4.28.